The monoisotopic (exact) mass is 483 g/mol. The van der Waals surface area contributed by atoms with E-state index in [0.717, 1.165) is 37.4 Å². The first-order valence-electron chi connectivity index (χ1n) is 12.3. The molecule has 2 aliphatic rings. The molecular weight excluding hydrogens is 446 g/mol. The number of carbonyl (C=O) groups excluding carboxylic acids is 1. The third-order valence-electron chi connectivity index (χ3n) is 6.64. The normalized spacial score (nSPS) is 20.9. The van der Waals surface area contributed by atoms with Crippen LogP contribution < -0.4 is 9.47 Å². The fourth-order valence-corrected chi connectivity index (χ4v) is 4.80. The van der Waals surface area contributed by atoms with Crippen LogP contribution in [0, 0.1) is 0 Å². The molecule has 0 spiro atoms. The maximum Gasteiger partial charge on any atom is 0.260 e. The van der Waals surface area contributed by atoms with Crippen LogP contribution in [0.25, 0.3) is 0 Å². The largest absolute Gasteiger partial charge is 0.497 e. The van der Waals surface area contributed by atoms with Crippen LogP contribution in [0.2, 0.25) is 0 Å². The van der Waals surface area contributed by atoms with Crippen molar-refractivity contribution in [3.8, 4) is 11.5 Å². The van der Waals surface area contributed by atoms with Crippen molar-refractivity contribution in [3.05, 3.63) is 59.7 Å². The van der Waals surface area contributed by atoms with Crippen molar-refractivity contribution in [3.63, 3.8) is 0 Å². The van der Waals surface area contributed by atoms with Crippen molar-refractivity contribution in [1.82, 2.24) is 14.7 Å². The topological polar surface area (TPSA) is 74.7 Å². The molecule has 2 saturated heterocycles. The van der Waals surface area contributed by atoms with Gasteiger partial charge in [-0.2, -0.15) is 0 Å². The van der Waals surface area contributed by atoms with Crippen molar-refractivity contribution >= 4 is 5.91 Å². The van der Waals surface area contributed by atoms with E-state index >= 15 is 0 Å². The fraction of sp³-hybridized carbons (Fsp3) is 0.519. The smallest absolute Gasteiger partial charge is 0.260 e. The van der Waals surface area contributed by atoms with Crippen molar-refractivity contribution in [2.75, 3.05) is 66.7 Å². The quantitative estimate of drug-likeness (QED) is 0.554. The molecule has 190 valence electrons. The number of methoxy groups -OCH3 is 1. The van der Waals surface area contributed by atoms with E-state index in [1.54, 1.807) is 12.0 Å². The van der Waals surface area contributed by atoms with Crippen LogP contribution >= 0.6 is 0 Å². The Morgan fingerprint density at radius 2 is 1.69 bits per heavy atom. The van der Waals surface area contributed by atoms with Crippen LogP contribution in [0.4, 0.5) is 0 Å². The molecule has 2 aromatic carbocycles. The van der Waals surface area contributed by atoms with Crippen molar-refractivity contribution in [2.45, 2.75) is 25.1 Å². The highest BCUT2D eigenvalue weighted by molar-refractivity contribution is 5.77. The van der Waals surface area contributed by atoms with Crippen LogP contribution in [0.15, 0.2) is 48.5 Å². The zero-order chi connectivity index (χ0) is 24.7. The second kappa shape index (κ2) is 11.9. The third-order valence-corrected chi connectivity index (χ3v) is 6.64. The zero-order valence-corrected chi connectivity index (χ0v) is 20.8. The van der Waals surface area contributed by atoms with Gasteiger partial charge in [-0.25, -0.2) is 0 Å². The first-order valence-corrected chi connectivity index (χ1v) is 12.3. The summed E-state index contributed by atoms with van der Waals surface area (Å²) in [7, 11) is 3.72. The number of nitrogens with zero attached hydrogens (tertiary/aromatic N) is 3. The second-order valence-electron chi connectivity index (χ2n) is 9.63. The molecular formula is C27H37N3O5. The van der Waals surface area contributed by atoms with Gasteiger partial charge < -0.3 is 24.2 Å². The van der Waals surface area contributed by atoms with Crippen LogP contribution in [-0.2, 0) is 22.6 Å². The molecule has 2 aliphatic heterocycles. The number of β-amino-alcohol motifs (C(OH)–C–C–N with tert-alkyl or cyclic N) is 1. The Morgan fingerprint density at radius 1 is 1.03 bits per heavy atom. The van der Waals surface area contributed by atoms with Gasteiger partial charge in [0.15, 0.2) is 6.61 Å². The SMILES string of the molecule is COc1ccc(CN(C)C[C@@]2(O)CCN(Cc3ccc(OCC(=O)N4CCOCC4)cc3)C2)cc1. The van der Waals surface area contributed by atoms with E-state index in [4.69, 9.17) is 14.2 Å². The van der Waals surface area contributed by atoms with E-state index in [0.29, 0.717) is 45.1 Å². The van der Waals surface area contributed by atoms with Crippen molar-refractivity contribution in [2.24, 2.45) is 0 Å². The number of likely N-dealkylation sites (N-methyl/N-ethyl adjacent to an activating group) is 1. The molecule has 2 heterocycles. The Hall–Kier alpha value is -2.65. The first-order chi connectivity index (χ1) is 16.9. The molecule has 2 aromatic rings. The van der Waals surface area contributed by atoms with Gasteiger partial charge in [0.25, 0.3) is 5.91 Å². The van der Waals surface area contributed by atoms with Crippen molar-refractivity contribution < 1.29 is 24.1 Å². The van der Waals surface area contributed by atoms with E-state index in [9.17, 15) is 9.90 Å². The summed E-state index contributed by atoms with van der Waals surface area (Å²) in [5.74, 6) is 1.53. The molecule has 0 radical (unpaired) electrons. The van der Waals surface area contributed by atoms with E-state index in [1.165, 1.54) is 5.56 Å². The highest BCUT2D eigenvalue weighted by atomic mass is 16.5. The summed E-state index contributed by atoms with van der Waals surface area (Å²) in [5, 5.41) is 11.2. The number of rotatable bonds is 10. The molecule has 0 aliphatic carbocycles. The number of hydrogen-bond acceptors (Lipinski definition) is 7. The molecule has 2 fully saturated rings. The number of ether oxygens (including phenoxy) is 3. The van der Waals surface area contributed by atoms with E-state index in [-0.39, 0.29) is 12.5 Å². The van der Waals surface area contributed by atoms with Gasteiger partial charge in [-0.15, -0.1) is 0 Å². The lowest BCUT2D eigenvalue weighted by Gasteiger charge is -2.29. The van der Waals surface area contributed by atoms with Gasteiger partial charge in [0, 0.05) is 45.8 Å². The van der Waals surface area contributed by atoms with Gasteiger partial charge in [0.05, 0.1) is 25.9 Å². The molecule has 35 heavy (non-hydrogen) atoms. The lowest BCUT2D eigenvalue weighted by Crippen LogP contribution is -2.43. The van der Waals surface area contributed by atoms with Crippen LogP contribution in [0.5, 0.6) is 11.5 Å². The summed E-state index contributed by atoms with van der Waals surface area (Å²) in [4.78, 5) is 18.5. The van der Waals surface area contributed by atoms with Gasteiger partial charge in [-0.1, -0.05) is 24.3 Å². The maximum absolute atomic E-state index is 12.2. The Bertz CT molecular complexity index is 946. The molecule has 8 nitrogen and oxygen atoms in total. The standard InChI is InChI=1S/C27H37N3O5/c1-28(17-22-3-7-24(33-2)8-4-22)20-27(32)11-12-29(21-27)18-23-5-9-25(10-6-23)35-19-26(31)30-13-15-34-16-14-30/h3-10,32H,11-21H2,1-2H3/t27-/m0/s1. The van der Waals surface area contributed by atoms with Gasteiger partial charge in [0.1, 0.15) is 11.5 Å². The summed E-state index contributed by atoms with van der Waals surface area (Å²) in [6.45, 7) is 6.16. The minimum atomic E-state index is -0.718. The minimum absolute atomic E-state index is 0.00862. The highest BCUT2D eigenvalue weighted by Crippen LogP contribution is 2.25. The highest BCUT2D eigenvalue weighted by Gasteiger charge is 2.36. The summed E-state index contributed by atoms with van der Waals surface area (Å²) < 4.78 is 16.2. The van der Waals surface area contributed by atoms with Gasteiger partial charge in [-0.05, 0) is 48.9 Å². The molecule has 0 unspecified atom stereocenters. The molecule has 4 rings (SSSR count). The third kappa shape index (κ3) is 7.41. The average molecular weight is 484 g/mol. The number of carbonyl (C=O) groups is 1. The summed E-state index contributed by atoms with van der Waals surface area (Å²) in [5.41, 5.74) is 1.64. The second-order valence-corrected chi connectivity index (χ2v) is 9.63. The summed E-state index contributed by atoms with van der Waals surface area (Å²) >= 11 is 0. The van der Waals surface area contributed by atoms with E-state index in [1.807, 2.05) is 43.4 Å². The summed E-state index contributed by atoms with van der Waals surface area (Å²) in [6.07, 6.45) is 0.755. The lowest BCUT2D eigenvalue weighted by molar-refractivity contribution is -0.137. The first kappa shape index (κ1) is 25.4. The average Bonchev–Trinajstić information content (AvgIpc) is 3.23. The predicted octanol–water partition coefficient (Wildman–Crippen LogP) is 2.00. The van der Waals surface area contributed by atoms with Crippen LogP contribution in [-0.4, -0.2) is 98.0 Å². The molecule has 0 saturated carbocycles. The molecule has 0 bridgehead atoms. The number of aliphatic hydroxyl groups is 1. The molecule has 0 aromatic heterocycles. The summed E-state index contributed by atoms with van der Waals surface area (Å²) in [6, 6.07) is 15.9. The number of hydrogen-bond donors (Lipinski definition) is 1. The van der Waals surface area contributed by atoms with Gasteiger partial charge >= 0.3 is 0 Å². The Balaban J connectivity index is 1.20. The minimum Gasteiger partial charge on any atom is -0.497 e. The number of morpholine rings is 1. The molecule has 8 heteroatoms. The van der Waals surface area contributed by atoms with Crippen LogP contribution in [0.3, 0.4) is 0 Å². The zero-order valence-electron chi connectivity index (χ0n) is 20.8. The Morgan fingerprint density at radius 3 is 2.37 bits per heavy atom. The van der Waals surface area contributed by atoms with Gasteiger partial charge in [0.2, 0.25) is 0 Å². The predicted molar refractivity (Wildman–Crippen MR) is 134 cm³/mol. The number of likely N-dealkylation sites (tertiary alicyclic amines) is 1. The lowest BCUT2D eigenvalue weighted by atomic mass is 10.0. The van der Waals surface area contributed by atoms with Crippen LogP contribution in [0.1, 0.15) is 17.5 Å². The maximum atomic E-state index is 12.2. The van der Waals surface area contributed by atoms with E-state index in [2.05, 4.69) is 21.9 Å². The Labute approximate surface area is 208 Å². The Kier molecular flexibility index (Phi) is 8.62. The fourth-order valence-electron chi connectivity index (χ4n) is 4.80. The molecule has 1 amide bonds. The molecule has 1 N–H and O–H groups in total. The van der Waals surface area contributed by atoms with Gasteiger partial charge in [-0.3, -0.25) is 14.6 Å². The van der Waals surface area contributed by atoms with Crippen molar-refractivity contribution in [1.29, 1.82) is 0 Å². The number of benzene rings is 2. The number of amides is 1. The molecule has 1 atom stereocenters. The van der Waals surface area contributed by atoms with E-state index < -0.39 is 5.60 Å².